The summed E-state index contributed by atoms with van der Waals surface area (Å²) in [5, 5.41) is 0. The number of nitrogens with one attached hydrogen (secondary N) is 1. The van der Waals surface area contributed by atoms with E-state index in [2.05, 4.69) is 16.0 Å². The Bertz CT molecular complexity index is 399. The number of imidazole rings is 1. The highest BCUT2D eigenvalue weighted by Crippen LogP contribution is 2.15. The normalized spacial score (nSPS) is 13.1. The van der Waals surface area contributed by atoms with E-state index >= 15 is 0 Å². The highest BCUT2D eigenvalue weighted by Gasteiger charge is 2.09. The zero-order chi connectivity index (χ0) is 10.1. The molecule has 0 spiro atoms. The molecule has 1 aromatic heterocycles. The lowest BCUT2D eigenvalue weighted by molar-refractivity contribution is 0.705. The summed E-state index contributed by atoms with van der Waals surface area (Å²) in [5.74, 6) is 0.775. The smallest absolute Gasteiger partial charge is 0.204 e. The summed E-state index contributed by atoms with van der Waals surface area (Å²) in [7, 11) is 1.91. The molecule has 0 bridgehead atoms. The van der Waals surface area contributed by atoms with Crippen LogP contribution in [0.1, 0.15) is 6.92 Å². The van der Waals surface area contributed by atoms with Crippen LogP contribution < -0.4 is 10.6 Å². The summed E-state index contributed by atoms with van der Waals surface area (Å²) in [5.41, 5.74) is 7.57. The monoisotopic (exact) mass is 189 g/mol. The van der Waals surface area contributed by atoms with Gasteiger partial charge in [0.2, 0.25) is 5.95 Å². The second kappa shape index (κ2) is 3.31. The molecule has 3 N–H and O–H groups in total. The van der Waals surface area contributed by atoms with Crippen molar-refractivity contribution in [2.45, 2.75) is 13.1 Å². The summed E-state index contributed by atoms with van der Waals surface area (Å²) in [4.78, 5) is 9.43. The summed E-state index contributed by atoms with van der Waals surface area (Å²) >= 11 is 0. The first-order chi connectivity index (χ1) is 6.68. The largest absolute Gasteiger partial charge is 0.330 e. The Labute approximate surface area is 82.7 Å². The van der Waals surface area contributed by atoms with Crippen molar-refractivity contribution in [3.8, 4) is 0 Å². The molecule has 1 heterocycles. The molecule has 2 aromatic rings. The Kier molecular flexibility index (Phi) is 2.13. The maximum atomic E-state index is 5.75. The average molecular weight is 189 g/mol. The van der Waals surface area contributed by atoms with Gasteiger partial charge in [0.15, 0.2) is 0 Å². The predicted molar refractivity (Wildman–Crippen MR) is 57.0 cm³/mol. The molecule has 1 radical (unpaired) electrons. The lowest BCUT2D eigenvalue weighted by Gasteiger charge is -2.19. The minimum atomic E-state index is -0.0597. The molecule has 4 heteroatoms. The molecule has 1 atom stereocenters. The van der Waals surface area contributed by atoms with E-state index in [4.69, 9.17) is 5.73 Å². The van der Waals surface area contributed by atoms with Crippen LogP contribution in [0.4, 0.5) is 5.95 Å². The number of anilines is 1. The fourth-order valence-corrected chi connectivity index (χ4v) is 1.24. The number of rotatable bonds is 2. The molecular weight excluding hydrogens is 176 g/mol. The van der Waals surface area contributed by atoms with Crippen molar-refractivity contribution in [3.05, 3.63) is 24.3 Å². The second-order valence-electron chi connectivity index (χ2n) is 3.34. The van der Waals surface area contributed by atoms with Crippen LogP contribution in [0.5, 0.6) is 0 Å². The number of aromatic amines is 1. The molecule has 4 nitrogen and oxygen atoms in total. The molecule has 0 amide bonds. The van der Waals surface area contributed by atoms with Gasteiger partial charge in [-0.25, -0.2) is 4.98 Å². The molecule has 14 heavy (non-hydrogen) atoms. The van der Waals surface area contributed by atoms with Crippen molar-refractivity contribution in [1.29, 1.82) is 0 Å². The van der Waals surface area contributed by atoms with Crippen molar-refractivity contribution in [3.63, 3.8) is 0 Å². The summed E-state index contributed by atoms with van der Waals surface area (Å²) in [6, 6.07) is 8.80. The van der Waals surface area contributed by atoms with E-state index < -0.39 is 0 Å². The van der Waals surface area contributed by atoms with E-state index in [1.165, 1.54) is 0 Å². The van der Waals surface area contributed by atoms with Gasteiger partial charge in [0.1, 0.15) is 0 Å². The number of benzene rings is 1. The Morgan fingerprint density at radius 1 is 1.64 bits per heavy atom. The van der Waals surface area contributed by atoms with Gasteiger partial charge in [-0.05, 0) is 13.0 Å². The van der Waals surface area contributed by atoms with E-state index in [0.717, 1.165) is 17.0 Å². The van der Waals surface area contributed by atoms with Gasteiger partial charge in [0.25, 0.3) is 0 Å². The van der Waals surface area contributed by atoms with Gasteiger partial charge in [-0.15, -0.1) is 0 Å². The summed E-state index contributed by atoms with van der Waals surface area (Å²) in [6.45, 7) is 1.91. The number of H-pyrrole nitrogens is 1. The van der Waals surface area contributed by atoms with Gasteiger partial charge >= 0.3 is 0 Å². The van der Waals surface area contributed by atoms with Gasteiger partial charge in [-0.3, -0.25) is 0 Å². The zero-order valence-electron chi connectivity index (χ0n) is 8.28. The molecule has 2 rings (SSSR count). The Morgan fingerprint density at radius 2 is 2.43 bits per heavy atom. The minimum absolute atomic E-state index is 0.0597. The topological polar surface area (TPSA) is 57.9 Å². The maximum absolute atomic E-state index is 5.75. The summed E-state index contributed by atoms with van der Waals surface area (Å²) < 4.78 is 0. The highest BCUT2D eigenvalue weighted by atomic mass is 15.3. The van der Waals surface area contributed by atoms with Crippen molar-refractivity contribution in [2.24, 2.45) is 5.73 Å². The van der Waals surface area contributed by atoms with Gasteiger partial charge in [0.05, 0.1) is 17.2 Å². The summed E-state index contributed by atoms with van der Waals surface area (Å²) in [6.07, 6.45) is -0.0597. The fraction of sp³-hybridized carbons (Fsp3) is 0.300. The van der Waals surface area contributed by atoms with Gasteiger partial charge < -0.3 is 15.6 Å². The molecule has 0 aliphatic rings. The van der Waals surface area contributed by atoms with Crippen LogP contribution in [-0.4, -0.2) is 23.2 Å². The Balaban J connectivity index is 2.45. The van der Waals surface area contributed by atoms with Crippen LogP contribution in [0.2, 0.25) is 0 Å². The van der Waals surface area contributed by atoms with Crippen molar-refractivity contribution in [2.75, 3.05) is 11.9 Å². The maximum Gasteiger partial charge on any atom is 0.204 e. The molecule has 73 valence electrons. The van der Waals surface area contributed by atoms with E-state index in [0.29, 0.717) is 0 Å². The fourth-order valence-electron chi connectivity index (χ4n) is 1.24. The molecule has 1 unspecified atom stereocenters. The Hall–Kier alpha value is -1.55. The van der Waals surface area contributed by atoms with Gasteiger partial charge in [-0.1, -0.05) is 12.1 Å². The SMILES string of the molecule is CC(N)N(C)c1nc2[c]cccc2[nH]1. The highest BCUT2D eigenvalue weighted by molar-refractivity contribution is 5.76. The number of fused-ring (bicyclic) bond motifs is 1. The van der Waals surface area contributed by atoms with Crippen LogP contribution in [0, 0.1) is 6.07 Å². The lowest BCUT2D eigenvalue weighted by atomic mass is 10.3. The molecule has 0 fully saturated rings. The Morgan fingerprint density at radius 3 is 3.07 bits per heavy atom. The first-order valence-electron chi connectivity index (χ1n) is 4.53. The third-order valence-electron chi connectivity index (χ3n) is 2.24. The van der Waals surface area contributed by atoms with E-state index in [1.807, 2.05) is 37.1 Å². The standard InChI is InChI=1S/C10H13N4/c1-7(11)14(2)10-12-8-5-3-4-6-9(8)13-10/h3-5,7H,11H2,1-2H3,(H,12,13). The number of hydrogen-bond acceptors (Lipinski definition) is 3. The minimum Gasteiger partial charge on any atom is -0.330 e. The molecule has 1 aromatic carbocycles. The van der Waals surface area contributed by atoms with Crippen LogP contribution in [0.15, 0.2) is 18.2 Å². The van der Waals surface area contributed by atoms with Gasteiger partial charge in [0, 0.05) is 13.1 Å². The number of nitrogens with zero attached hydrogens (tertiary/aromatic N) is 2. The van der Waals surface area contributed by atoms with Gasteiger partial charge in [-0.2, -0.15) is 0 Å². The van der Waals surface area contributed by atoms with Crippen molar-refractivity contribution in [1.82, 2.24) is 9.97 Å². The van der Waals surface area contributed by atoms with Crippen molar-refractivity contribution >= 4 is 17.0 Å². The van der Waals surface area contributed by atoms with Crippen LogP contribution in [-0.2, 0) is 0 Å². The van der Waals surface area contributed by atoms with E-state index in [9.17, 15) is 0 Å². The second-order valence-corrected chi connectivity index (χ2v) is 3.34. The molecule has 0 saturated carbocycles. The number of para-hydroxylation sites is 1. The number of aromatic nitrogens is 2. The quantitative estimate of drug-likeness (QED) is 0.696. The lowest BCUT2D eigenvalue weighted by Crippen LogP contribution is -2.36. The number of nitrogens with two attached hydrogens (primary N) is 1. The van der Waals surface area contributed by atoms with E-state index in [1.54, 1.807) is 0 Å². The third-order valence-corrected chi connectivity index (χ3v) is 2.24. The van der Waals surface area contributed by atoms with Crippen LogP contribution in [0.3, 0.4) is 0 Å². The van der Waals surface area contributed by atoms with Crippen molar-refractivity contribution < 1.29 is 0 Å². The predicted octanol–water partition coefficient (Wildman–Crippen LogP) is 1.10. The molecule has 0 aliphatic carbocycles. The van der Waals surface area contributed by atoms with Crippen LogP contribution >= 0.6 is 0 Å². The third kappa shape index (κ3) is 1.44. The molecule has 0 aliphatic heterocycles. The average Bonchev–Trinajstić information content (AvgIpc) is 2.59. The van der Waals surface area contributed by atoms with Crippen LogP contribution in [0.25, 0.3) is 11.0 Å². The molecular formula is C10H13N4. The first kappa shape index (κ1) is 9.02. The van der Waals surface area contributed by atoms with E-state index in [-0.39, 0.29) is 6.17 Å². The molecule has 0 saturated heterocycles. The zero-order valence-corrected chi connectivity index (χ0v) is 8.28. The first-order valence-corrected chi connectivity index (χ1v) is 4.53. The number of hydrogen-bond donors (Lipinski definition) is 2.